The molecule has 70 valence electrons. The number of rotatable bonds is 1. The highest BCUT2D eigenvalue weighted by Gasteiger charge is 2.09. The van der Waals surface area contributed by atoms with Crippen LogP contribution in [-0.4, -0.2) is 24.0 Å². The van der Waals surface area contributed by atoms with E-state index in [2.05, 4.69) is 31.7 Å². The van der Waals surface area contributed by atoms with E-state index in [9.17, 15) is 0 Å². The molecule has 0 atom stereocenters. The van der Waals surface area contributed by atoms with E-state index in [1.165, 1.54) is 32.4 Å². The first-order valence-corrected chi connectivity index (χ1v) is 5.10. The monoisotopic (exact) mass is 167 g/mol. The lowest BCUT2D eigenvalue weighted by Crippen LogP contribution is -2.33. The molecule has 0 saturated heterocycles. The first-order valence-electron chi connectivity index (χ1n) is 5.10. The summed E-state index contributed by atoms with van der Waals surface area (Å²) < 4.78 is 0. The molecule has 0 radical (unpaired) electrons. The van der Waals surface area contributed by atoms with Crippen molar-refractivity contribution in [1.82, 2.24) is 4.90 Å². The fourth-order valence-corrected chi connectivity index (χ4v) is 1.77. The van der Waals surface area contributed by atoms with E-state index in [1.807, 2.05) is 0 Å². The third-order valence-electron chi connectivity index (χ3n) is 2.66. The van der Waals surface area contributed by atoms with Crippen molar-refractivity contribution in [2.24, 2.45) is 0 Å². The van der Waals surface area contributed by atoms with Crippen molar-refractivity contribution in [3.63, 3.8) is 0 Å². The highest BCUT2D eigenvalue weighted by Crippen LogP contribution is 2.12. The summed E-state index contributed by atoms with van der Waals surface area (Å²) in [5.74, 6) is 0. The predicted octanol–water partition coefficient (Wildman–Crippen LogP) is 2.83. The molecule has 0 aromatic heterocycles. The van der Waals surface area contributed by atoms with E-state index in [-0.39, 0.29) is 0 Å². The Morgan fingerprint density at radius 3 is 2.75 bits per heavy atom. The van der Waals surface area contributed by atoms with E-state index in [4.69, 9.17) is 0 Å². The van der Waals surface area contributed by atoms with Gasteiger partial charge in [-0.3, -0.25) is 0 Å². The molecule has 0 aromatic carbocycles. The molecule has 0 amide bonds. The lowest BCUT2D eigenvalue weighted by Gasteiger charge is -2.27. The highest BCUT2D eigenvalue weighted by molar-refractivity contribution is 4.99. The summed E-state index contributed by atoms with van der Waals surface area (Å²) in [5, 5.41) is 0. The van der Waals surface area contributed by atoms with Gasteiger partial charge in [0.2, 0.25) is 0 Å². The minimum atomic E-state index is 0.719. The standard InChI is InChI=1S/C11H21N/c1-10(2)12-8-4-6-11(3)7-5-9-12/h6,10H,4-5,7-9H2,1-3H3/b11-6-. The smallest absolute Gasteiger partial charge is 0.00387 e. The average Bonchev–Trinajstić information content (AvgIpc) is 1.95. The van der Waals surface area contributed by atoms with Gasteiger partial charge < -0.3 is 4.90 Å². The van der Waals surface area contributed by atoms with Crippen molar-refractivity contribution in [3.05, 3.63) is 11.6 Å². The van der Waals surface area contributed by atoms with Crippen LogP contribution >= 0.6 is 0 Å². The lowest BCUT2D eigenvalue weighted by molar-refractivity contribution is 0.220. The number of nitrogens with zero attached hydrogens (tertiary/aromatic N) is 1. The summed E-state index contributed by atoms with van der Waals surface area (Å²) in [4.78, 5) is 2.57. The molecule has 0 spiro atoms. The Kier molecular flexibility index (Phi) is 3.80. The zero-order chi connectivity index (χ0) is 8.97. The summed E-state index contributed by atoms with van der Waals surface area (Å²) in [5.41, 5.74) is 1.58. The molecular formula is C11H21N. The average molecular weight is 167 g/mol. The molecular weight excluding hydrogens is 146 g/mol. The Balaban J connectivity index is 2.42. The van der Waals surface area contributed by atoms with Crippen molar-refractivity contribution in [2.75, 3.05) is 13.1 Å². The third kappa shape index (κ3) is 2.98. The van der Waals surface area contributed by atoms with Gasteiger partial charge in [0.25, 0.3) is 0 Å². The predicted molar refractivity (Wildman–Crippen MR) is 54.3 cm³/mol. The molecule has 1 aliphatic heterocycles. The second-order valence-electron chi connectivity index (χ2n) is 4.07. The van der Waals surface area contributed by atoms with Crippen LogP contribution in [0.5, 0.6) is 0 Å². The molecule has 0 bridgehead atoms. The fourth-order valence-electron chi connectivity index (χ4n) is 1.77. The molecule has 1 heteroatoms. The van der Waals surface area contributed by atoms with Gasteiger partial charge in [0, 0.05) is 12.6 Å². The number of allylic oxidation sites excluding steroid dienone is 1. The van der Waals surface area contributed by atoms with Crippen LogP contribution < -0.4 is 0 Å². The molecule has 1 heterocycles. The van der Waals surface area contributed by atoms with Gasteiger partial charge >= 0.3 is 0 Å². The van der Waals surface area contributed by atoms with E-state index < -0.39 is 0 Å². The highest BCUT2D eigenvalue weighted by atomic mass is 15.1. The second-order valence-corrected chi connectivity index (χ2v) is 4.07. The minimum Gasteiger partial charge on any atom is -0.301 e. The van der Waals surface area contributed by atoms with Gasteiger partial charge in [0.05, 0.1) is 0 Å². The SMILES string of the molecule is C/C1=C/CCN(C(C)C)CCC1. The largest absolute Gasteiger partial charge is 0.301 e. The molecule has 1 nitrogen and oxygen atoms in total. The van der Waals surface area contributed by atoms with Crippen LogP contribution in [0.1, 0.15) is 40.0 Å². The summed E-state index contributed by atoms with van der Waals surface area (Å²) in [6, 6.07) is 0.719. The summed E-state index contributed by atoms with van der Waals surface area (Å²) in [7, 11) is 0. The van der Waals surface area contributed by atoms with Gasteiger partial charge in [0.15, 0.2) is 0 Å². The van der Waals surface area contributed by atoms with E-state index in [0.29, 0.717) is 0 Å². The second kappa shape index (κ2) is 4.66. The van der Waals surface area contributed by atoms with Crippen molar-refractivity contribution in [2.45, 2.75) is 46.1 Å². The van der Waals surface area contributed by atoms with Gasteiger partial charge in [0.1, 0.15) is 0 Å². The van der Waals surface area contributed by atoms with E-state index in [0.717, 1.165) is 6.04 Å². The molecule has 0 aromatic rings. The topological polar surface area (TPSA) is 3.24 Å². The Bertz CT molecular complexity index is 158. The molecule has 0 N–H and O–H groups in total. The van der Waals surface area contributed by atoms with E-state index >= 15 is 0 Å². The molecule has 0 aliphatic carbocycles. The van der Waals surface area contributed by atoms with Crippen molar-refractivity contribution >= 4 is 0 Å². The zero-order valence-corrected chi connectivity index (χ0v) is 8.64. The molecule has 0 unspecified atom stereocenters. The van der Waals surface area contributed by atoms with E-state index in [1.54, 1.807) is 5.57 Å². The van der Waals surface area contributed by atoms with Crippen LogP contribution in [-0.2, 0) is 0 Å². The minimum absolute atomic E-state index is 0.719. The van der Waals surface area contributed by atoms with Crippen molar-refractivity contribution < 1.29 is 0 Å². The number of hydrogen-bond acceptors (Lipinski definition) is 1. The van der Waals surface area contributed by atoms with Crippen LogP contribution in [0.3, 0.4) is 0 Å². The van der Waals surface area contributed by atoms with Gasteiger partial charge in [-0.15, -0.1) is 0 Å². The lowest BCUT2D eigenvalue weighted by atomic mass is 10.1. The zero-order valence-electron chi connectivity index (χ0n) is 8.64. The molecule has 1 aliphatic rings. The maximum absolute atomic E-state index is 2.57. The van der Waals surface area contributed by atoms with Crippen LogP contribution in [0.2, 0.25) is 0 Å². The third-order valence-corrected chi connectivity index (χ3v) is 2.66. The number of hydrogen-bond donors (Lipinski definition) is 0. The Morgan fingerprint density at radius 2 is 2.08 bits per heavy atom. The quantitative estimate of drug-likeness (QED) is 0.543. The van der Waals surface area contributed by atoms with Crippen LogP contribution in [0.15, 0.2) is 11.6 Å². The van der Waals surface area contributed by atoms with Crippen LogP contribution in [0.25, 0.3) is 0 Å². The van der Waals surface area contributed by atoms with Gasteiger partial charge in [-0.05, 0) is 46.6 Å². The van der Waals surface area contributed by atoms with Crippen molar-refractivity contribution in [3.8, 4) is 0 Å². The van der Waals surface area contributed by atoms with Gasteiger partial charge in [-0.25, -0.2) is 0 Å². The van der Waals surface area contributed by atoms with Gasteiger partial charge in [-0.1, -0.05) is 11.6 Å². The molecule has 12 heavy (non-hydrogen) atoms. The molecule has 1 rings (SSSR count). The molecule has 0 fully saturated rings. The Hall–Kier alpha value is -0.300. The molecule has 0 saturated carbocycles. The normalized spacial score (nSPS) is 26.2. The maximum Gasteiger partial charge on any atom is 0.00387 e. The summed E-state index contributed by atoms with van der Waals surface area (Å²) >= 11 is 0. The first kappa shape index (κ1) is 9.79. The van der Waals surface area contributed by atoms with Gasteiger partial charge in [-0.2, -0.15) is 0 Å². The fraction of sp³-hybridized carbons (Fsp3) is 0.818. The van der Waals surface area contributed by atoms with Crippen LogP contribution in [0.4, 0.5) is 0 Å². The maximum atomic E-state index is 2.57. The summed E-state index contributed by atoms with van der Waals surface area (Å²) in [6.07, 6.45) is 6.27. The first-order chi connectivity index (χ1) is 5.70. The Labute approximate surface area is 76.5 Å². The summed E-state index contributed by atoms with van der Waals surface area (Å²) in [6.45, 7) is 9.36. The van der Waals surface area contributed by atoms with Crippen molar-refractivity contribution in [1.29, 1.82) is 0 Å². The van der Waals surface area contributed by atoms with Crippen LogP contribution in [0, 0.1) is 0 Å². The Morgan fingerprint density at radius 1 is 1.33 bits per heavy atom.